The molecule has 2 rings (SSSR count). The number of aromatic nitrogens is 3. The highest BCUT2D eigenvalue weighted by atomic mass is 16.5. The molecule has 0 radical (unpaired) electrons. The van der Waals surface area contributed by atoms with Crippen LogP contribution in [0.2, 0.25) is 0 Å². The molecule has 0 atom stereocenters. The molecule has 7 heteroatoms. The second-order valence-corrected chi connectivity index (χ2v) is 3.52. The second-order valence-electron chi connectivity index (χ2n) is 3.52. The van der Waals surface area contributed by atoms with Gasteiger partial charge in [-0.3, -0.25) is 4.79 Å². The quantitative estimate of drug-likeness (QED) is 0.798. The largest absolute Gasteiger partial charge is 0.387 e. The van der Waals surface area contributed by atoms with E-state index in [0.29, 0.717) is 24.6 Å². The third-order valence-corrected chi connectivity index (χ3v) is 2.32. The lowest BCUT2D eigenvalue weighted by Gasteiger charge is -2.04. The van der Waals surface area contributed by atoms with Gasteiger partial charge in [0.25, 0.3) is 5.91 Å². The molecule has 94 valence electrons. The summed E-state index contributed by atoms with van der Waals surface area (Å²) in [5.74, 6) is 0.269. The number of anilines is 1. The van der Waals surface area contributed by atoms with Gasteiger partial charge < -0.3 is 15.2 Å². The Labute approximate surface area is 104 Å². The molecule has 7 nitrogen and oxygen atoms in total. The van der Waals surface area contributed by atoms with Crippen LogP contribution in [0.1, 0.15) is 16.4 Å². The number of amides is 1. The number of nitrogens with one attached hydrogen (secondary N) is 2. The van der Waals surface area contributed by atoms with Crippen molar-refractivity contribution >= 4 is 11.6 Å². The summed E-state index contributed by atoms with van der Waals surface area (Å²) >= 11 is 0. The van der Waals surface area contributed by atoms with Gasteiger partial charge in [0, 0.05) is 20.0 Å². The first-order valence-electron chi connectivity index (χ1n) is 5.47. The summed E-state index contributed by atoms with van der Waals surface area (Å²) < 4.78 is 4.81. The molecule has 0 fully saturated rings. The number of hydrogen-bond acceptors (Lipinski definition) is 6. The van der Waals surface area contributed by atoms with E-state index in [-0.39, 0.29) is 5.91 Å². The van der Waals surface area contributed by atoms with Gasteiger partial charge in [0.15, 0.2) is 6.33 Å². The van der Waals surface area contributed by atoms with E-state index >= 15 is 0 Å². The van der Waals surface area contributed by atoms with Crippen molar-refractivity contribution in [1.29, 1.82) is 0 Å². The lowest BCUT2D eigenvalue weighted by Crippen LogP contribution is -2.26. The predicted octanol–water partition coefficient (Wildman–Crippen LogP) is 0.479. The summed E-state index contributed by atoms with van der Waals surface area (Å²) in [5.41, 5.74) is 1.23. The SMILES string of the molecule is CNc1ccc(C(=O)NCCc2ncno2)nc1. The number of pyridine rings is 1. The van der Waals surface area contributed by atoms with Gasteiger partial charge in [-0.25, -0.2) is 4.98 Å². The summed E-state index contributed by atoms with van der Waals surface area (Å²) in [6.45, 7) is 0.427. The number of nitrogens with zero attached hydrogens (tertiary/aromatic N) is 3. The van der Waals surface area contributed by atoms with Crippen LogP contribution in [0.4, 0.5) is 5.69 Å². The Morgan fingerprint density at radius 3 is 2.89 bits per heavy atom. The first-order valence-corrected chi connectivity index (χ1v) is 5.47. The summed E-state index contributed by atoms with van der Waals surface area (Å²) in [6.07, 6.45) is 3.43. The highest BCUT2D eigenvalue weighted by molar-refractivity contribution is 5.92. The van der Waals surface area contributed by atoms with Crippen molar-refractivity contribution in [2.24, 2.45) is 0 Å². The van der Waals surface area contributed by atoms with E-state index in [9.17, 15) is 4.79 Å². The normalized spacial score (nSPS) is 10.1. The van der Waals surface area contributed by atoms with Gasteiger partial charge in [0.05, 0.1) is 11.9 Å². The fourth-order valence-electron chi connectivity index (χ4n) is 1.36. The minimum atomic E-state index is -0.225. The summed E-state index contributed by atoms with van der Waals surface area (Å²) in [6, 6.07) is 3.45. The first kappa shape index (κ1) is 12.0. The maximum Gasteiger partial charge on any atom is 0.269 e. The Hall–Kier alpha value is -2.44. The fraction of sp³-hybridized carbons (Fsp3) is 0.273. The molecule has 2 heterocycles. The van der Waals surface area contributed by atoms with Crippen LogP contribution >= 0.6 is 0 Å². The Kier molecular flexibility index (Phi) is 3.85. The smallest absolute Gasteiger partial charge is 0.269 e. The van der Waals surface area contributed by atoms with Crippen molar-refractivity contribution in [3.63, 3.8) is 0 Å². The van der Waals surface area contributed by atoms with E-state index in [1.54, 1.807) is 25.4 Å². The minimum absolute atomic E-state index is 0.225. The van der Waals surface area contributed by atoms with Crippen molar-refractivity contribution in [3.05, 3.63) is 36.2 Å². The number of hydrogen-bond donors (Lipinski definition) is 2. The number of rotatable bonds is 5. The minimum Gasteiger partial charge on any atom is -0.387 e. The van der Waals surface area contributed by atoms with Crippen LogP contribution in [-0.2, 0) is 6.42 Å². The average Bonchev–Trinajstić information content (AvgIpc) is 2.92. The van der Waals surface area contributed by atoms with Gasteiger partial charge >= 0.3 is 0 Å². The maximum absolute atomic E-state index is 11.7. The second kappa shape index (κ2) is 5.76. The van der Waals surface area contributed by atoms with Crippen molar-refractivity contribution in [1.82, 2.24) is 20.4 Å². The summed E-state index contributed by atoms with van der Waals surface area (Å²) in [7, 11) is 1.79. The molecule has 1 amide bonds. The molecule has 0 aliphatic carbocycles. The Morgan fingerprint density at radius 2 is 2.28 bits per heavy atom. The molecule has 2 N–H and O–H groups in total. The van der Waals surface area contributed by atoms with Crippen LogP contribution in [0.25, 0.3) is 0 Å². The molecule has 2 aromatic rings. The number of carbonyl (C=O) groups is 1. The van der Waals surface area contributed by atoms with Crippen molar-refractivity contribution < 1.29 is 9.32 Å². The van der Waals surface area contributed by atoms with Gasteiger partial charge in [-0.2, -0.15) is 4.98 Å². The molecule has 0 bridgehead atoms. The van der Waals surface area contributed by atoms with E-state index in [1.165, 1.54) is 6.33 Å². The van der Waals surface area contributed by atoms with Gasteiger partial charge in [-0.1, -0.05) is 5.16 Å². The molecule has 0 unspecified atom stereocenters. The topological polar surface area (TPSA) is 92.9 Å². The summed E-state index contributed by atoms with van der Waals surface area (Å²) in [5, 5.41) is 9.14. The average molecular weight is 247 g/mol. The third-order valence-electron chi connectivity index (χ3n) is 2.32. The Morgan fingerprint density at radius 1 is 1.39 bits per heavy atom. The molecule has 0 aliphatic rings. The first-order chi connectivity index (χ1) is 8.79. The molecule has 0 saturated carbocycles. The predicted molar refractivity (Wildman–Crippen MR) is 64.1 cm³/mol. The van der Waals surface area contributed by atoms with Crippen LogP contribution in [0.5, 0.6) is 0 Å². The molecule has 0 saturated heterocycles. The third kappa shape index (κ3) is 3.03. The van der Waals surface area contributed by atoms with Crippen LogP contribution in [0.3, 0.4) is 0 Å². The zero-order valence-electron chi connectivity index (χ0n) is 9.88. The Balaban J connectivity index is 1.83. The monoisotopic (exact) mass is 247 g/mol. The molecular formula is C11H13N5O2. The molecule has 0 aliphatic heterocycles. The standard InChI is InChI=1S/C11H13N5O2/c1-12-8-2-3-9(14-6-8)11(17)13-5-4-10-15-7-16-18-10/h2-3,6-7,12H,4-5H2,1H3,(H,13,17). The van der Waals surface area contributed by atoms with E-state index in [1.807, 2.05) is 0 Å². The van der Waals surface area contributed by atoms with Crippen LogP contribution in [-0.4, -0.2) is 34.6 Å². The zero-order valence-corrected chi connectivity index (χ0v) is 9.88. The Bertz CT molecular complexity index is 495. The van der Waals surface area contributed by atoms with Crippen LogP contribution in [0.15, 0.2) is 29.2 Å². The molecule has 0 spiro atoms. The van der Waals surface area contributed by atoms with Gasteiger partial charge in [-0.15, -0.1) is 0 Å². The van der Waals surface area contributed by atoms with Gasteiger partial charge in [0.1, 0.15) is 5.69 Å². The van der Waals surface area contributed by atoms with E-state index in [2.05, 4.69) is 25.8 Å². The fourth-order valence-corrected chi connectivity index (χ4v) is 1.36. The lowest BCUT2D eigenvalue weighted by atomic mass is 10.3. The van der Waals surface area contributed by atoms with E-state index in [4.69, 9.17) is 4.52 Å². The maximum atomic E-state index is 11.7. The van der Waals surface area contributed by atoms with Gasteiger partial charge in [0.2, 0.25) is 5.89 Å². The highest BCUT2D eigenvalue weighted by Gasteiger charge is 2.07. The molecular weight excluding hydrogens is 234 g/mol. The van der Waals surface area contributed by atoms with Crippen molar-refractivity contribution in [3.8, 4) is 0 Å². The van der Waals surface area contributed by atoms with E-state index in [0.717, 1.165) is 5.69 Å². The summed E-state index contributed by atoms with van der Waals surface area (Å²) in [4.78, 5) is 19.6. The molecule has 0 aromatic carbocycles. The number of carbonyl (C=O) groups excluding carboxylic acids is 1. The van der Waals surface area contributed by atoms with Crippen molar-refractivity contribution in [2.45, 2.75) is 6.42 Å². The van der Waals surface area contributed by atoms with Gasteiger partial charge in [-0.05, 0) is 12.1 Å². The van der Waals surface area contributed by atoms with Crippen LogP contribution < -0.4 is 10.6 Å². The van der Waals surface area contributed by atoms with Crippen LogP contribution in [0, 0.1) is 0 Å². The molecule has 2 aromatic heterocycles. The zero-order chi connectivity index (χ0) is 12.8. The van der Waals surface area contributed by atoms with E-state index < -0.39 is 0 Å². The highest BCUT2D eigenvalue weighted by Crippen LogP contribution is 2.04. The van der Waals surface area contributed by atoms with Crippen molar-refractivity contribution in [2.75, 3.05) is 18.9 Å². The lowest BCUT2D eigenvalue weighted by molar-refractivity contribution is 0.0948. The molecule has 18 heavy (non-hydrogen) atoms.